The number of carbonyl (C=O) groups is 1. The Morgan fingerprint density at radius 2 is 2.03 bits per heavy atom. The second-order valence-corrected chi connectivity index (χ2v) is 8.19. The molecule has 159 valence electrons. The van der Waals surface area contributed by atoms with Crippen LogP contribution in [0.1, 0.15) is 35.1 Å². The molecule has 2 saturated heterocycles. The molecule has 2 aromatic rings. The topological polar surface area (TPSA) is 65.0 Å². The lowest BCUT2D eigenvalue weighted by atomic mass is 9.99. The van der Waals surface area contributed by atoms with E-state index in [1.165, 1.54) is 42.6 Å². The standard InChI is InChI=1S/C24H30N3O3/c1-18-14-19(4-5-21(18)17-26-9-2-3-10-26)15-20-6-7-22(28)16-23(20)30-13-12-27-11-8-25-24(27)29/h4-5,7,14,16,28H,2-3,8-13,15,17H2,1H3,(H,25,29). The molecule has 6 heteroatoms. The highest BCUT2D eigenvalue weighted by Gasteiger charge is 2.19. The Kier molecular flexibility index (Phi) is 6.43. The van der Waals surface area contributed by atoms with Gasteiger partial charge in [0.25, 0.3) is 0 Å². The Bertz CT molecular complexity index is 893. The number of hydrogen-bond donors (Lipinski definition) is 2. The zero-order chi connectivity index (χ0) is 20.9. The quantitative estimate of drug-likeness (QED) is 0.705. The van der Waals surface area contributed by atoms with Gasteiger partial charge in [0.1, 0.15) is 18.1 Å². The molecule has 2 N–H and O–H groups in total. The highest BCUT2D eigenvalue weighted by molar-refractivity contribution is 5.76. The van der Waals surface area contributed by atoms with Crippen molar-refractivity contribution in [1.82, 2.24) is 15.1 Å². The molecule has 6 nitrogen and oxygen atoms in total. The van der Waals surface area contributed by atoms with Crippen molar-refractivity contribution in [2.45, 2.75) is 32.7 Å². The van der Waals surface area contributed by atoms with Crippen molar-refractivity contribution in [3.8, 4) is 11.5 Å². The summed E-state index contributed by atoms with van der Waals surface area (Å²) in [5.41, 5.74) is 4.80. The molecule has 0 bridgehead atoms. The lowest BCUT2D eigenvalue weighted by molar-refractivity contribution is 0.202. The van der Waals surface area contributed by atoms with Crippen LogP contribution in [0.2, 0.25) is 0 Å². The van der Waals surface area contributed by atoms with Crippen LogP contribution < -0.4 is 10.1 Å². The number of ether oxygens (including phenoxy) is 1. The minimum Gasteiger partial charge on any atom is -0.508 e. The van der Waals surface area contributed by atoms with E-state index in [-0.39, 0.29) is 11.8 Å². The third-order valence-corrected chi connectivity index (χ3v) is 5.92. The molecule has 1 radical (unpaired) electrons. The molecule has 0 saturated carbocycles. The minimum atomic E-state index is -0.0502. The van der Waals surface area contributed by atoms with Crippen LogP contribution in [0.5, 0.6) is 11.5 Å². The van der Waals surface area contributed by atoms with E-state index in [0.29, 0.717) is 38.4 Å². The monoisotopic (exact) mass is 408 g/mol. The predicted molar refractivity (Wildman–Crippen MR) is 116 cm³/mol. The average molecular weight is 409 g/mol. The number of aryl methyl sites for hydroxylation is 1. The van der Waals surface area contributed by atoms with E-state index in [1.54, 1.807) is 17.0 Å². The smallest absolute Gasteiger partial charge is 0.317 e. The Hall–Kier alpha value is -2.73. The normalized spacial score (nSPS) is 16.8. The van der Waals surface area contributed by atoms with Gasteiger partial charge in [-0.05, 0) is 61.7 Å². The zero-order valence-electron chi connectivity index (χ0n) is 17.6. The highest BCUT2D eigenvalue weighted by atomic mass is 16.5. The van der Waals surface area contributed by atoms with Crippen molar-refractivity contribution >= 4 is 6.03 Å². The maximum absolute atomic E-state index is 11.7. The van der Waals surface area contributed by atoms with Crippen LogP contribution >= 0.6 is 0 Å². The number of phenolic OH excluding ortho intramolecular Hbond substituents is 1. The van der Waals surface area contributed by atoms with E-state index in [0.717, 1.165) is 12.1 Å². The van der Waals surface area contributed by atoms with Crippen LogP contribution in [0.4, 0.5) is 4.79 Å². The van der Waals surface area contributed by atoms with Gasteiger partial charge >= 0.3 is 6.03 Å². The molecule has 0 unspecified atom stereocenters. The van der Waals surface area contributed by atoms with Crippen LogP contribution in [0.25, 0.3) is 0 Å². The van der Waals surface area contributed by atoms with E-state index < -0.39 is 0 Å². The van der Waals surface area contributed by atoms with Crippen LogP contribution in [0.15, 0.2) is 30.3 Å². The lowest BCUT2D eigenvalue weighted by Gasteiger charge is -2.18. The maximum atomic E-state index is 11.7. The maximum Gasteiger partial charge on any atom is 0.317 e. The average Bonchev–Trinajstić information content (AvgIpc) is 3.38. The second kappa shape index (κ2) is 9.39. The number of nitrogens with zero attached hydrogens (tertiary/aromatic N) is 2. The van der Waals surface area contributed by atoms with Crippen LogP contribution in [-0.4, -0.2) is 60.3 Å². The number of hydrogen-bond acceptors (Lipinski definition) is 4. The summed E-state index contributed by atoms with van der Waals surface area (Å²) in [6, 6.07) is 13.0. The van der Waals surface area contributed by atoms with E-state index in [9.17, 15) is 9.90 Å². The Labute approximate surface area is 178 Å². The van der Waals surface area contributed by atoms with Gasteiger partial charge in [0, 0.05) is 37.7 Å². The number of phenols is 1. The summed E-state index contributed by atoms with van der Waals surface area (Å²) in [5, 5.41) is 12.7. The van der Waals surface area contributed by atoms with Crippen molar-refractivity contribution in [2.75, 3.05) is 39.3 Å². The number of urea groups is 1. The molecule has 0 aromatic heterocycles. The van der Waals surface area contributed by atoms with Gasteiger partial charge in [-0.2, -0.15) is 0 Å². The molecule has 2 aromatic carbocycles. The number of rotatable bonds is 8. The van der Waals surface area contributed by atoms with Crippen LogP contribution in [-0.2, 0) is 13.0 Å². The SMILES string of the molecule is Cc1cc(Cc2[c]cc(O)cc2OCCN2CCNC2=O)ccc1CN1CCCC1. The third-order valence-electron chi connectivity index (χ3n) is 5.92. The predicted octanol–water partition coefficient (Wildman–Crippen LogP) is 3.09. The number of nitrogens with one attached hydrogen (secondary N) is 1. The summed E-state index contributed by atoms with van der Waals surface area (Å²) in [5.74, 6) is 0.748. The number of likely N-dealkylation sites (tertiary alicyclic amines) is 1. The van der Waals surface area contributed by atoms with Gasteiger partial charge in [-0.25, -0.2) is 4.79 Å². The molecular weight excluding hydrogens is 378 g/mol. The molecule has 0 atom stereocenters. The fourth-order valence-corrected chi connectivity index (χ4v) is 4.18. The van der Waals surface area contributed by atoms with E-state index in [4.69, 9.17) is 4.74 Å². The highest BCUT2D eigenvalue weighted by Crippen LogP contribution is 2.27. The first-order chi connectivity index (χ1) is 14.6. The number of carbonyl (C=O) groups excluding carboxylic acids is 1. The molecule has 2 amide bonds. The zero-order valence-corrected chi connectivity index (χ0v) is 17.6. The summed E-state index contributed by atoms with van der Waals surface area (Å²) >= 11 is 0. The molecule has 2 heterocycles. The van der Waals surface area contributed by atoms with Gasteiger partial charge in [0.2, 0.25) is 0 Å². The number of aromatic hydroxyl groups is 1. The molecule has 2 aliphatic heterocycles. The van der Waals surface area contributed by atoms with Crippen molar-refractivity contribution in [2.24, 2.45) is 0 Å². The number of amides is 2. The fourth-order valence-electron chi connectivity index (χ4n) is 4.18. The molecule has 4 rings (SSSR count). The summed E-state index contributed by atoms with van der Waals surface area (Å²) in [4.78, 5) is 15.9. The largest absolute Gasteiger partial charge is 0.508 e. The lowest BCUT2D eigenvalue weighted by Crippen LogP contribution is -2.31. The van der Waals surface area contributed by atoms with Crippen LogP contribution in [0.3, 0.4) is 0 Å². The Balaban J connectivity index is 1.40. The fraction of sp³-hybridized carbons (Fsp3) is 0.458. The van der Waals surface area contributed by atoms with Gasteiger partial charge in [-0.1, -0.05) is 18.2 Å². The Morgan fingerprint density at radius 1 is 1.20 bits per heavy atom. The van der Waals surface area contributed by atoms with Crippen molar-refractivity contribution < 1.29 is 14.6 Å². The van der Waals surface area contributed by atoms with E-state index in [1.807, 2.05) is 0 Å². The third kappa shape index (κ3) is 5.05. The first-order valence-corrected chi connectivity index (χ1v) is 10.8. The summed E-state index contributed by atoms with van der Waals surface area (Å²) < 4.78 is 5.92. The van der Waals surface area contributed by atoms with Gasteiger partial charge in [-0.15, -0.1) is 0 Å². The van der Waals surface area contributed by atoms with Gasteiger partial charge < -0.3 is 20.1 Å². The molecule has 30 heavy (non-hydrogen) atoms. The minimum absolute atomic E-state index is 0.0502. The van der Waals surface area contributed by atoms with Crippen molar-refractivity contribution in [1.29, 1.82) is 0 Å². The van der Waals surface area contributed by atoms with Gasteiger partial charge in [0.15, 0.2) is 0 Å². The molecule has 0 spiro atoms. The van der Waals surface area contributed by atoms with Crippen molar-refractivity contribution in [3.05, 3.63) is 58.7 Å². The summed E-state index contributed by atoms with van der Waals surface area (Å²) in [6.45, 7) is 7.87. The molecule has 0 aliphatic carbocycles. The molecule has 2 fully saturated rings. The first kappa shape index (κ1) is 20.5. The number of benzene rings is 2. The molecular formula is C24H30N3O3. The van der Waals surface area contributed by atoms with E-state index >= 15 is 0 Å². The van der Waals surface area contributed by atoms with Crippen LogP contribution in [0, 0.1) is 13.0 Å². The Morgan fingerprint density at radius 3 is 2.77 bits per heavy atom. The first-order valence-electron chi connectivity index (χ1n) is 10.8. The van der Waals surface area contributed by atoms with Crippen molar-refractivity contribution in [3.63, 3.8) is 0 Å². The van der Waals surface area contributed by atoms with Gasteiger partial charge in [-0.3, -0.25) is 4.90 Å². The molecule has 2 aliphatic rings. The second-order valence-electron chi connectivity index (χ2n) is 8.19. The van der Waals surface area contributed by atoms with E-state index in [2.05, 4.69) is 41.4 Å². The summed E-state index contributed by atoms with van der Waals surface area (Å²) in [7, 11) is 0. The summed E-state index contributed by atoms with van der Waals surface area (Å²) in [6.07, 6.45) is 3.29. The van der Waals surface area contributed by atoms with Gasteiger partial charge in [0.05, 0.1) is 6.54 Å².